The molecule has 0 bridgehead atoms. The van der Waals surface area contributed by atoms with E-state index in [9.17, 15) is 9.59 Å². The van der Waals surface area contributed by atoms with Gasteiger partial charge in [0, 0.05) is 44.0 Å². The highest BCUT2D eigenvalue weighted by molar-refractivity contribution is 6.00. The van der Waals surface area contributed by atoms with Gasteiger partial charge in [0.25, 0.3) is 5.91 Å². The molecule has 177 valence electrons. The average Bonchev–Trinajstić information content (AvgIpc) is 3.22. The predicted molar refractivity (Wildman–Crippen MR) is 124 cm³/mol. The molecule has 0 spiro atoms. The van der Waals surface area contributed by atoms with E-state index in [0.29, 0.717) is 49.9 Å². The van der Waals surface area contributed by atoms with E-state index in [2.05, 4.69) is 27.1 Å². The molecule has 1 aromatic heterocycles. The molecule has 1 radical (unpaired) electrons. The largest absolute Gasteiger partial charge is 0.493 e. The van der Waals surface area contributed by atoms with E-state index < -0.39 is 6.17 Å². The van der Waals surface area contributed by atoms with Crippen LogP contribution in [0.1, 0.15) is 59.3 Å². The molecule has 33 heavy (non-hydrogen) atoms. The van der Waals surface area contributed by atoms with Crippen LogP contribution in [0, 0.1) is 0 Å². The van der Waals surface area contributed by atoms with E-state index >= 15 is 0 Å². The lowest BCUT2D eigenvalue weighted by Gasteiger charge is -2.36. The van der Waals surface area contributed by atoms with Gasteiger partial charge < -0.3 is 14.4 Å². The number of fused-ring (bicyclic) bond motifs is 1. The van der Waals surface area contributed by atoms with E-state index in [1.165, 1.54) is 0 Å². The third kappa shape index (κ3) is 5.04. The van der Waals surface area contributed by atoms with Crippen LogP contribution in [-0.4, -0.2) is 72.4 Å². The number of amides is 1. The number of Topliss-reactive ketones (excluding diaryl/α,β-unsaturated/α-hetero) is 1. The lowest BCUT2D eigenvalue weighted by Crippen LogP contribution is -2.43. The number of hydrogen-bond acceptors (Lipinski definition) is 7. The monoisotopic (exact) mass is 454 g/mol. The molecule has 1 fully saturated rings. The number of benzene rings is 1. The van der Waals surface area contributed by atoms with Crippen molar-refractivity contribution in [2.75, 3.05) is 50.9 Å². The highest BCUT2D eigenvalue weighted by atomic mass is 16.5. The maximum absolute atomic E-state index is 13.1. The zero-order valence-corrected chi connectivity index (χ0v) is 19.6. The lowest BCUT2D eigenvalue weighted by molar-refractivity contribution is 0.0371. The number of ketones is 1. The summed E-state index contributed by atoms with van der Waals surface area (Å²) in [6.07, 6.45) is 3.00. The molecule has 2 aliphatic rings. The fraction of sp³-hybridized carbons (Fsp3) is 0.542. The summed E-state index contributed by atoms with van der Waals surface area (Å²) >= 11 is 0. The Balaban J connectivity index is 1.69. The quantitative estimate of drug-likeness (QED) is 0.537. The number of anilines is 1. The Morgan fingerprint density at radius 2 is 2.00 bits per heavy atom. The summed E-state index contributed by atoms with van der Waals surface area (Å²) in [5.74, 6) is 0.329. The maximum Gasteiger partial charge on any atom is 0.297 e. The van der Waals surface area contributed by atoms with Gasteiger partial charge >= 0.3 is 0 Å². The molecule has 0 saturated carbocycles. The molecule has 4 rings (SSSR count). The Morgan fingerprint density at radius 3 is 2.73 bits per heavy atom. The third-order valence-electron chi connectivity index (χ3n) is 5.86. The third-order valence-corrected chi connectivity index (χ3v) is 5.86. The van der Waals surface area contributed by atoms with Crippen LogP contribution in [0.2, 0.25) is 0 Å². The van der Waals surface area contributed by atoms with Gasteiger partial charge in [-0.1, -0.05) is 13.8 Å². The molecule has 1 saturated heterocycles. The highest BCUT2D eigenvalue weighted by Gasteiger charge is 2.37. The van der Waals surface area contributed by atoms with Crippen molar-refractivity contribution in [2.24, 2.45) is 7.05 Å². The number of carbonyl (C=O) groups is 2. The van der Waals surface area contributed by atoms with Crippen LogP contribution in [0.4, 0.5) is 5.69 Å². The van der Waals surface area contributed by atoms with E-state index in [0.717, 1.165) is 37.2 Å². The Hall–Kier alpha value is -2.91. The summed E-state index contributed by atoms with van der Waals surface area (Å²) in [7, 11) is 1.80. The van der Waals surface area contributed by atoms with Gasteiger partial charge in [0.15, 0.2) is 17.6 Å². The van der Waals surface area contributed by atoms with Gasteiger partial charge in [-0.05, 0) is 31.0 Å². The molecule has 0 N–H and O–H groups in total. The number of rotatable bonds is 9. The molecular formula is C24H32N5O4. The van der Waals surface area contributed by atoms with Crippen LogP contribution in [0.15, 0.2) is 24.4 Å². The summed E-state index contributed by atoms with van der Waals surface area (Å²) < 4.78 is 13.0. The number of aromatic nitrogens is 2. The Morgan fingerprint density at radius 1 is 1.21 bits per heavy atom. The molecule has 9 heteroatoms. The molecule has 3 heterocycles. The molecule has 0 aliphatic carbocycles. The number of ether oxygens (including phenoxy) is 2. The summed E-state index contributed by atoms with van der Waals surface area (Å²) in [5.41, 5.74) is 2.44. The first-order chi connectivity index (χ1) is 16.0. The standard InChI is InChI=1S/C24H32N5O4/c1-4-8-29-19-15-27(3)26-22(19)24(31)25-23(29)18-14-17(6-7-21(18)33-11-5-2)20(30)16-28-9-12-32-13-10-28/h6-7,14-15,23H,4-5,8-13,16H2,1-3H3. The van der Waals surface area contributed by atoms with Gasteiger partial charge in [-0.2, -0.15) is 5.10 Å². The number of nitrogens with zero attached hydrogens (tertiary/aromatic N) is 5. The van der Waals surface area contributed by atoms with Crippen LogP contribution < -0.4 is 15.0 Å². The van der Waals surface area contributed by atoms with Crippen molar-refractivity contribution in [3.05, 3.63) is 41.2 Å². The van der Waals surface area contributed by atoms with Gasteiger partial charge in [0.1, 0.15) is 5.75 Å². The number of aryl methyl sites for hydroxylation is 1. The van der Waals surface area contributed by atoms with Crippen molar-refractivity contribution in [2.45, 2.75) is 32.9 Å². The van der Waals surface area contributed by atoms with Crippen molar-refractivity contribution in [3.63, 3.8) is 0 Å². The minimum absolute atomic E-state index is 0.0337. The molecule has 9 nitrogen and oxygen atoms in total. The Bertz CT molecular complexity index is 999. The molecule has 2 aliphatic heterocycles. The molecule has 1 amide bonds. The summed E-state index contributed by atoms with van der Waals surface area (Å²) in [6, 6.07) is 5.49. The normalized spacial score (nSPS) is 18.7. The fourth-order valence-corrected chi connectivity index (χ4v) is 4.25. The smallest absolute Gasteiger partial charge is 0.297 e. The SMILES string of the molecule is CCCOc1ccc(C(=O)CN2CCOCC2)cc1C1[N]C(=O)c2nn(C)cc2N1CCC. The molecule has 2 aromatic rings. The predicted octanol–water partition coefficient (Wildman–Crippen LogP) is 2.40. The first-order valence-corrected chi connectivity index (χ1v) is 11.7. The van der Waals surface area contributed by atoms with Crippen molar-refractivity contribution in [1.82, 2.24) is 20.0 Å². The summed E-state index contributed by atoms with van der Waals surface area (Å²) in [6.45, 7) is 8.48. The van der Waals surface area contributed by atoms with Gasteiger partial charge in [-0.3, -0.25) is 19.2 Å². The van der Waals surface area contributed by atoms with Crippen molar-refractivity contribution in [3.8, 4) is 5.75 Å². The summed E-state index contributed by atoms with van der Waals surface area (Å²) in [4.78, 5) is 30.1. The molecule has 1 unspecified atom stereocenters. The van der Waals surface area contributed by atoms with Crippen LogP contribution >= 0.6 is 0 Å². The van der Waals surface area contributed by atoms with Crippen molar-refractivity contribution >= 4 is 17.4 Å². The van der Waals surface area contributed by atoms with Crippen molar-refractivity contribution < 1.29 is 19.1 Å². The first-order valence-electron chi connectivity index (χ1n) is 11.7. The Labute approximate surface area is 194 Å². The minimum atomic E-state index is -0.572. The molecule has 1 aromatic carbocycles. The molecular weight excluding hydrogens is 422 g/mol. The van der Waals surface area contributed by atoms with Crippen LogP contribution in [0.3, 0.4) is 0 Å². The van der Waals surface area contributed by atoms with Gasteiger partial charge in [0.05, 0.1) is 32.1 Å². The zero-order chi connectivity index (χ0) is 23.4. The van der Waals surface area contributed by atoms with Crippen molar-refractivity contribution in [1.29, 1.82) is 0 Å². The van der Waals surface area contributed by atoms with Crippen LogP contribution in [-0.2, 0) is 11.8 Å². The van der Waals surface area contributed by atoms with E-state index in [-0.39, 0.29) is 11.7 Å². The topological polar surface area (TPSA) is 91.0 Å². The van der Waals surface area contributed by atoms with E-state index in [4.69, 9.17) is 9.47 Å². The minimum Gasteiger partial charge on any atom is -0.493 e. The van der Waals surface area contributed by atoms with Gasteiger partial charge in [-0.15, -0.1) is 0 Å². The van der Waals surface area contributed by atoms with Gasteiger partial charge in [-0.25, -0.2) is 5.32 Å². The molecule has 1 atom stereocenters. The number of carbonyl (C=O) groups excluding carboxylic acids is 2. The van der Waals surface area contributed by atoms with Crippen LogP contribution in [0.5, 0.6) is 5.75 Å². The van der Waals surface area contributed by atoms with Crippen LogP contribution in [0.25, 0.3) is 0 Å². The number of morpholine rings is 1. The second-order valence-electron chi connectivity index (χ2n) is 8.45. The maximum atomic E-state index is 13.1. The van der Waals surface area contributed by atoms with E-state index in [1.54, 1.807) is 11.7 Å². The zero-order valence-electron chi connectivity index (χ0n) is 19.6. The first kappa shape index (κ1) is 23.3. The average molecular weight is 455 g/mol. The second kappa shape index (κ2) is 10.4. The second-order valence-corrected chi connectivity index (χ2v) is 8.45. The lowest BCUT2D eigenvalue weighted by atomic mass is 10.0. The fourth-order valence-electron chi connectivity index (χ4n) is 4.25. The van der Waals surface area contributed by atoms with E-state index in [1.807, 2.05) is 31.3 Å². The van der Waals surface area contributed by atoms with Gasteiger partial charge in [0.2, 0.25) is 0 Å². The Kier molecular flexibility index (Phi) is 7.29. The number of hydrogen-bond donors (Lipinski definition) is 0. The highest BCUT2D eigenvalue weighted by Crippen LogP contribution is 2.38. The summed E-state index contributed by atoms with van der Waals surface area (Å²) in [5, 5.41) is 8.79.